The normalized spacial score (nSPS) is 11.3. The van der Waals surface area contributed by atoms with E-state index in [4.69, 9.17) is 28.3 Å². The van der Waals surface area contributed by atoms with Crippen molar-refractivity contribution in [2.24, 2.45) is 0 Å². The Kier molecular flexibility index (Phi) is 9.40. The van der Waals surface area contributed by atoms with Gasteiger partial charge in [0.15, 0.2) is 0 Å². The first-order chi connectivity index (χ1) is 17.1. The van der Waals surface area contributed by atoms with Crippen molar-refractivity contribution in [1.29, 1.82) is 0 Å². The Hall–Kier alpha value is -3.03. The minimum Gasteiger partial charge on any atom is -0.338 e. The average molecular weight is 531 g/mol. The lowest BCUT2D eigenvalue weighted by molar-refractivity contribution is -0.116. The van der Waals surface area contributed by atoms with Gasteiger partial charge in [-0.25, -0.2) is 9.48 Å². The molecule has 9 heteroatoms. The summed E-state index contributed by atoms with van der Waals surface area (Å²) in [5, 5.41) is 11.4. The van der Waals surface area contributed by atoms with Crippen LogP contribution in [0.4, 0.5) is 10.6 Å². The lowest BCUT2D eigenvalue weighted by Crippen LogP contribution is -2.44. The predicted octanol–water partition coefficient (Wildman–Crippen LogP) is 6.43. The Bertz CT molecular complexity index is 1190. The first-order valence-electron chi connectivity index (χ1n) is 12.0. The van der Waals surface area contributed by atoms with Crippen molar-refractivity contribution < 1.29 is 9.59 Å². The molecule has 0 saturated carbocycles. The highest BCUT2D eigenvalue weighted by Crippen LogP contribution is 2.29. The minimum atomic E-state index is -0.335. The number of hydrogen-bond donors (Lipinski definition) is 2. The molecule has 0 aliphatic heterocycles. The fourth-order valence-electron chi connectivity index (χ4n) is 3.49. The Morgan fingerprint density at radius 3 is 2.39 bits per heavy atom. The molecule has 3 amide bonds. The molecule has 0 fully saturated rings. The molecule has 0 aliphatic carbocycles. The molecule has 1 heterocycles. The predicted molar refractivity (Wildman–Crippen MR) is 146 cm³/mol. The van der Waals surface area contributed by atoms with Crippen LogP contribution in [-0.2, 0) is 16.8 Å². The van der Waals surface area contributed by atoms with Crippen LogP contribution in [0.3, 0.4) is 0 Å². The van der Waals surface area contributed by atoms with Gasteiger partial charge in [-0.1, -0.05) is 87.6 Å². The number of nitrogens with one attached hydrogen (secondary N) is 2. The molecular formula is C27H33Cl2N5O2. The SMILES string of the molecule is CCCCNC(=O)N(CC(=O)Nc1cc(C(C)(C)C)nn1-c1ccc(Cl)c(Cl)c1)Cc1ccccc1. The van der Waals surface area contributed by atoms with Crippen molar-refractivity contribution in [3.63, 3.8) is 0 Å². The zero-order valence-corrected chi connectivity index (χ0v) is 22.7. The van der Waals surface area contributed by atoms with Crippen LogP contribution in [0.5, 0.6) is 0 Å². The quantitative estimate of drug-likeness (QED) is 0.313. The summed E-state index contributed by atoms with van der Waals surface area (Å²) in [6.07, 6.45) is 1.84. The van der Waals surface area contributed by atoms with Crippen molar-refractivity contribution in [2.75, 3.05) is 18.4 Å². The maximum absolute atomic E-state index is 13.2. The maximum atomic E-state index is 13.2. The monoisotopic (exact) mass is 529 g/mol. The maximum Gasteiger partial charge on any atom is 0.318 e. The molecule has 1 aromatic heterocycles. The van der Waals surface area contributed by atoms with Gasteiger partial charge in [0.25, 0.3) is 0 Å². The van der Waals surface area contributed by atoms with Crippen molar-refractivity contribution in [1.82, 2.24) is 20.0 Å². The fourth-order valence-corrected chi connectivity index (χ4v) is 3.79. The van der Waals surface area contributed by atoms with Gasteiger partial charge in [0.2, 0.25) is 5.91 Å². The van der Waals surface area contributed by atoms with E-state index < -0.39 is 0 Å². The van der Waals surface area contributed by atoms with Gasteiger partial charge in [0, 0.05) is 24.6 Å². The number of anilines is 1. The summed E-state index contributed by atoms with van der Waals surface area (Å²) in [6, 6.07) is 16.3. The van der Waals surface area contributed by atoms with Gasteiger partial charge in [-0.3, -0.25) is 4.79 Å². The van der Waals surface area contributed by atoms with Crippen molar-refractivity contribution in [3.05, 3.63) is 75.9 Å². The number of aromatic nitrogens is 2. The lowest BCUT2D eigenvalue weighted by Gasteiger charge is -2.23. The molecule has 7 nitrogen and oxygen atoms in total. The number of benzene rings is 2. The summed E-state index contributed by atoms with van der Waals surface area (Å²) in [7, 11) is 0. The van der Waals surface area contributed by atoms with Crippen LogP contribution in [0.15, 0.2) is 54.6 Å². The molecular weight excluding hydrogens is 497 g/mol. The van der Waals surface area contributed by atoms with Crippen LogP contribution in [0, 0.1) is 0 Å². The van der Waals surface area contributed by atoms with Gasteiger partial charge in [-0.15, -0.1) is 0 Å². The molecule has 0 atom stereocenters. The molecule has 0 spiro atoms. The third kappa shape index (κ3) is 7.48. The fraction of sp³-hybridized carbons (Fsp3) is 0.370. The second-order valence-electron chi connectivity index (χ2n) is 9.65. The molecule has 2 aromatic carbocycles. The number of unbranched alkanes of at least 4 members (excludes halogenated alkanes) is 1. The molecule has 2 N–H and O–H groups in total. The molecule has 0 saturated heterocycles. The Morgan fingerprint density at radius 1 is 1.03 bits per heavy atom. The number of halogens is 2. The van der Waals surface area contributed by atoms with Crippen LogP contribution < -0.4 is 10.6 Å². The number of rotatable bonds is 9. The second kappa shape index (κ2) is 12.3. The van der Waals surface area contributed by atoms with E-state index in [0.29, 0.717) is 34.6 Å². The third-order valence-corrected chi connectivity index (χ3v) is 6.28. The summed E-state index contributed by atoms with van der Waals surface area (Å²) in [6.45, 7) is 8.94. The van der Waals surface area contributed by atoms with Gasteiger partial charge in [-0.2, -0.15) is 5.10 Å². The van der Waals surface area contributed by atoms with E-state index in [2.05, 4.69) is 17.6 Å². The highest BCUT2D eigenvalue weighted by Gasteiger charge is 2.23. The van der Waals surface area contributed by atoms with E-state index in [0.717, 1.165) is 24.1 Å². The highest BCUT2D eigenvalue weighted by atomic mass is 35.5. The summed E-state index contributed by atoms with van der Waals surface area (Å²) >= 11 is 12.3. The number of nitrogens with zero attached hydrogens (tertiary/aromatic N) is 3. The van der Waals surface area contributed by atoms with Gasteiger partial charge in [-0.05, 0) is 30.2 Å². The number of carbonyl (C=O) groups is 2. The topological polar surface area (TPSA) is 79.3 Å². The zero-order valence-electron chi connectivity index (χ0n) is 21.1. The van der Waals surface area contributed by atoms with E-state index in [-0.39, 0.29) is 23.9 Å². The number of carbonyl (C=O) groups excluding carboxylic acids is 2. The lowest BCUT2D eigenvalue weighted by atomic mass is 9.92. The van der Waals surface area contributed by atoms with Gasteiger partial charge >= 0.3 is 6.03 Å². The molecule has 0 bridgehead atoms. The first-order valence-corrected chi connectivity index (χ1v) is 12.8. The summed E-state index contributed by atoms with van der Waals surface area (Å²) < 4.78 is 1.63. The smallest absolute Gasteiger partial charge is 0.318 e. The van der Waals surface area contributed by atoms with E-state index >= 15 is 0 Å². The van der Waals surface area contributed by atoms with Crippen molar-refractivity contribution in [2.45, 2.75) is 52.5 Å². The van der Waals surface area contributed by atoms with E-state index in [1.54, 1.807) is 22.9 Å². The second-order valence-corrected chi connectivity index (χ2v) is 10.5. The Labute approximate surface area is 222 Å². The molecule has 3 aromatic rings. The van der Waals surface area contributed by atoms with Gasteiger partial charge in [0.05, 0.1) is 21.4 Å². The van der Waals surface area contributed by atoms with E-state index in [1.165, 1.54) is 4.90 Å². The Morgan fingerprint density at radius 2 is 1.75 bits per heavy atom. The largest absolute Gasteiger partial charge is 0.338 e. The van der Waals surface area contributed by atoms with Crippen LogP contribution in [0.25, 0.3) is 5.69 Å². The van der Waals surface area contributed by atoms with E-state index in [9.17, 15) is 9.59 Å². The first kappa shape index (κ1) is 27.6. The van der Waals surface area contributed by atoms with E-state index in [1.807, 2.05) is 57.2 Å². The zero-order chi connectivity index (χ0) is 26.3. The van der Waals surface area contributed by atoms with Crippen molar-refractivity contribution >= 4 is 41.0 Å². The van der Waals surface area contributed by atoms with Crippen LogP contribution in [0.1, 0.15) is 51.8 Å². The molecule has 192 valence electrons. The van der Waals surface area contributed by atoms with Crippen LogP contribution in [-0.4, -0.2) is 39.7 Å². The van der Waals surface area contributed by atoms with Crippen molar-refractivity contribution in [3.8, 4) is 5.69 Å². The summed E-state index contributed by atoms with van der Waals surface area (Å²) in [5.41, 5.74) is 2.14. The number of amides is 3. The highest BCUT2D eigenvalue weighted by molar-refractivity contribution is 6.42. The third-order valence-electron chi connectivity index (χ3n) is 5.54. The molecule has 0 unspecified atom stereocenters. The summed E-state index contributed by atoms with van der Waals surface area (Å²) in [5.74, 6) is 0.146. The van der Waals surface area contributed by atoms with Gasteiger partial charge < -0.3 is 15.5 Å². The van der Waals surface area contributed by atoms with Crippen LogP contribution >= 0.6 is 23.2 Å². The molecule has 0 radical (unpaired) electrons. The standard InChI is InChI=1S/C27H33Cl2N5O2/c1-5-6-14-30-26(36)33(17-19-10-8-7-9-11-19)18-25(35)31-24-16-23(27(2,3)4)32-34(24)20-12-13-21(28)22(29)15-20/h7-13,15-16H,5-6,14,17-18H2,1-4H3,(H,30,36)(H,31,35). The minimum absolute atomic E-state index is 0.121. The average Bonchev–Trinajstić information content (AvgIpc) is 3.25. The molecule has 36 heavy (non-hydrogen) atoms. The Balaban J connectivity index is 1.84. The number of urea groups is 1. The van der Waals surface area contributed by atoms with Gasteiger partial charge in [0.1, 0.15) is 12.4 Å². The summed E-state index contributed by atoms with van der Waals surface area (Å²) in [4.78, 5) is 27.6. The molecule has 3 rings (SSSR count). The number of hydrogen-bond acceptors (Lipinski definition) is 3. The molecule has 0 aliphatic rings. The van der Waals surface area contributed by atoms with Crippen LogP contribution in [0.2, 0.25) is 10.0 Å².